The van der Waals surface area contributed by atoms with Gasteiger partial charge in [-0.05, 0) is 25.0 Å². The van der Waals surface area contributed by atoms with E-state index in [0.717, 1.165) is 25.7 Å². The zero-order valence-electron chi connectivity index (χ0n) is 14.8. The summed E-state index contributed by atoms with van der Waals surface area (Å²) < 4.78 is 5.50. The second-order valence-electron chi connectivity index (χ2n) is 6.54. The molecule has 1 aliphatic rings. The lowest BCUT2D eigenvalue weighted by molar-refractivity contribution is -0.145. The van der Waals surface area contributed by atoms with Crippen molar-refractivity contribution in [3.05, 3.63) is 30.1 Å². The smallest absolute Gasteiger partial charge is 0.254 e. The van der Waals surface area contributed by atoms with Crippen molar-refractivity contribution in [3.63, 3.8) is 0 Å². The molecule has 2 heterocycles. The minimum Gasteiger partial charge on any atom is -0.394 e. The first-order valence-electron chi connectivity index (χ1n) is 9.00. The molecule has 0 saturated carbocycles. The zero-order valence-corrected chi connectivity index (χ0v) is 14.8. The Balaban J connectivity index is 2.15. The van der Waals surface area contributed by atoms with E-state index in [2.05, 4.69) is 4.98 Å². The summed E-state index contributed by atoms with van der Waals surface area (Å²) in [5.41, 5.74) is 0.456. The third kappa shape index (κ3) is 5.72. The van der Waals surface area contributed by atoms with Gasteiger partial charge in [-0.2, -0.15) is 0 Å². The maximum atomic E-state index is 12.7. The third-order valence-corrected chi connectivity index (χ3v) is 4.55. The number of carbonyl (C=O) groups is 1. The molecule has 1 amide bonds. The maximum absolute atomic E-state index is 12.7. The number of aliphatic hydroxyl groups excluding tert-OH is 4. The van der Waals surface area contributed by atoms with Crippen molar-refractivity contribution in [2.45, 2.75) is 50.1 Å². The lowest BCUT2D eigenvalue weighted by Crippen LogP contribution is -2.52. The first-order chi connectivity index (χ1) is 12.5. The van der Waals surface area contributed by atoms with E-state index in [0.29, 0.717) is 18.7 Å². The molecule has 2 rings (SSSR count). The van der Waals surface area contributed by atoms with E-state index in [9.17, 15) is 25.2 Å². The average molecular weight is 368 g/mol. The highest BCUT2D eigenvalue weighted by molar-refractivity contribution is 5.94. The van der Waals surface area contributed by atoms with E-state index in [1.807, 2.05) is 0 Å². The van der Waals surface area contributed by atoms with Crippen molar-refractivity contribution in [2.24, 2.45) is 0 Å². The van der Waals surface area contributed by atoms with E-state index in [-0.39, 0.29) is 12.5 Å². The Kier molecular flexibility index (Phi) is 8.40. The highest BCUT2D eigenvalue weighted by Crippen LogP contribution is 2.16. The summed E-state index contributed by atoms with van der Waals surface area (Å²) in [6.07, 6.45) is 1.17. The molecule has 0 aliphatic carbocycles. The van der Waals surface area contributed by atoms with Crippen LogP contribution in [0.25, 0.3) is 0 Å². The van der Waals surface area contributed by atoms with Crippen LogP contribution in [-0.4, -0.2) is 86.9 Å². The molecule has 146 valence electrons. The van der Waals surface area contributed by atoms with Gasteiger partial charge in [0.2, 0.25) is 0 Å². The number of hydrogen-bond acceptors (Lipinski definition) is 7. The van der Waals surface area contributed by atoms with Crippen LogP contribution in [0.15, 0.2) is 24.5 Å². The number of pyridine rings is 1. The summed E-state index contributed by atoms with van der Waals surface area (Å²) in [4.78, 5) is 18.1. The monoisotopic (exact) mass is 368 g/mol. The average Bonchev–Trinajstić information content (AvgIpc) is 2.67. The molecular formula is C18H28N2O6. The molecule has 8 heteroatoms. The van der Waals surface area contributed by atoms with Crippen molar-refractivity contribution in [2.75, 3.05) is 26.3 Å². The van der Waals surface area contributed by atoms with Gasteiger partial charge in [0.05, 0.1) is 6.61 Å². The van der Waals surface area contributed by atoms with Gasteiger partial charge in [-0.15, -0.1) is 0 Å². The number of hydrogen-bond donors (Lipinski definition) is 4. The van der Waals surface area contributed by atoms with E-state index >= 15 is 0 Å². The third-order valence-electron chi connectivity index (χ3n) is 4.55. The van der Waals surface area contributed by atoms with Crippen LogP contribution in [0, 0.1) is 0 Å². The van der Waals surface area contributed by atoms with Gasteiger partial charge in [-0.25, -0.2) is 0 Å². The van der Waals surface area contributed by atoms with Crippen molar-refractivity contribution < 1.29 is 30.0 Å². The molecule has 1 aromatic heterocycles. The van der Waals surface area contributed by atoms with Crippen LogP contribution >= 0.6 is 0 Å². The number of ether oxygens (including phenoxy) is 1. The maximum Gasteiger partial charge on any atom is 0.254 e. The molecular weight excluding hydrogens is 340 g/mol. The van der Waals surface area contributed by atoms with Crippen molar-refractivity contribution in [3.8, 4) is 0 Å². The Bertz CT molecular complexity index is 544. The lowest BCUT2D eigenvalue weighted by atomic mass is 10.0. The molecule has 1 saturated heterocycles. The molecule has 0 bridgehead atoms. The predicted molar refractivity (Wildman–Crippen MR) is 93.5 cm³/mol. The zero-order chi connectivity index (χ0) is 18.9. The minimum absolute atomic E-state index is 0.0969. The summed E-state index contributed by atoms with van der Waals surface area (Å²) in [7, 11) is 0. The molecule has 26 heavy (non-hydrogen) atoms. The highest BCUT2D eigenvalue weighted by atomic mass is 16.5. The fraction of sp³-hybridized carbons (Fsp3) is 0.667. The molecule has 1 aromatic rings. The number of amides is 1. The van der Waals surface area contributed by atoms with Gasteiger partial charge in [0.15, 0.2) is 0 Å². The van der Waals surface area contributed by atoms with E-state index in [4.69, 9.17) is 4.74 Å². The van der Waals surface area contributed by atoms with Crippen molar-refractivity contribution >= 4 is 5.91 Å². The Morgan fingerprint density at radius 3 is 2.62 bits per heavy atom. The van der Waals surface area contributed by atoms with Gasteiger partial charge in [0, 0.05) is 37.7 Å². The lowest BCUT2D eigenvalue weighted by Gasteiger charge is -2.33. The molecule has 4 N–H and O–H groups in total. The molecule has 0 radical (unpaired) electrons. The van der Waals surface area contributed by atoms with Crippen LogP contribution in [0.2, 0.25) is 0 Å². The normalized spacial score (nSPS) is 27.2. The molecule has 0 unspecified atom stereocenters. The molecule has 0 spiro atoms. The first-order valence-corrected chi connectivity index (χ1v) is 9.00. The van der Waals surface area contributed by atoms with Gasteiger partial charge in [-0.3, -0.25) is 9.78 Å². The molecule has 0 aromatic carbocycles. The predicted octanol–water partition coefficient (Wildman–Crippen LogP) is -0.442. The second-order valence-corrected chi connectivity index (χ2v) is 6.54. The summed E-state index contributed by atoms with van der Waals surface area (Å²) in [6, 6.07) is 3.20. The van der Waals surface area contributed by atoms with Gasteiger partial charge in [0.1, 0.15) is 24.4 Å². The topological polar surface area (TPSA) is 123 Å². The van der Waals surface area contributed by atoms with Crippen LogP contribution < -0.4 is 0 Å². The first kappa shape index (κ1) is 20.7. The number of carbonyl (C=O) groups excluding carboxylic acids is 1. The summed E-state index contributed by atoms with van der Waals surface area (Å²) in [5.74, 6) is -0.254. The van der Waals surface area contributed by atoms with Crippen LogP contribution in [-0.2, 0) is 4.74 Å². The van der Waals surface area contributed by atoms with E-state index in [1.54, 1.807) is 12.1 Å². The van der Waals surface area contributed by atoms with Crippen LogP contribution in [0.1, 0.15) is 36.0 Å². The number of aliphatic hydroxyl groups is 4. The van der Waals surface area contributed by atoms with Crippen molar-refractivity contribution in [1.82, 2.24) is 9.88 Å². The largest absolute Gasteiger partial charge is 0.394 e. The summed E-state index contributed by atoms with van der Waals surface area (Å²) >= 11 is 0. The Hall–Kier alpha value is -1.58. The molecule has 1 fully saturated rings. The number of nitrogens with zero attached hydrogens (tertiary/aromatic N) is 2. The Morgan fingerprint density at radius 1 is 1.23 bits per heavy atom. The van der Waals surface area contributed by atoms with Crippen LogP contribution in [0.4, 0.5) is 0 Å². The SMILES string of the molecule is O=C(c1ccncc1)N1CCCCCCO[C@H]([C@H](O)CO)[C@H](O)[C@@H](O)C1. The standard InChI is InChI=1S/C18H28N2O6/c21-12-15(23)17-16(24)14(22)11-20(9-3-1-2-4-10-26-17)18(25)13-5-7-19-8-6-13/h5-8,14-17,21-24H,1-4,9-12H2/t14-,15+,16+,17+/m0/s1. The Morgan fingerprint density at radius 2 is 1.92 bits per heavy atom. The number of aromatic nitrogens is 1. The quantitative estimate of drug-likeness (QED) is 0.570. The van der Waals surface area contributed by atoms with Gasteiger partial charge < -0.3 is 30.1 Å². The summed E-state index contributed by atoms with van der Waals surface area (Å²) in [6.45, 7) is 0.0959. The van der Waals surface area contributed by atoms with Gasteiger partial charge >= 0.3 is 0 Å². The van der Waals surface area contributed by atoms with Gasteiger partial charge in [-0.1, -0.05) is 12.8 Å². The fourth-order valence-corrected chi connectivity index (χ4v) is 3.02. The highest BCUT2D eigenvalue weighted by Gasteiger charge is 2.34. The molecule has 4 atom stereocenters. The van der Waals surface area contributed by atoms with Crippen molar-refractivity contribution in [1.29, 1.82) is 0 Å². The van der Waals surface area contributed by atoms with Gasteiger partial charge in [0.25, 0.3) is 5.91 Å². The number of β-amino-alcohol motifs (C(OH)–C–C–N with tert-alkyl or cyclic N) is 1. The fourth-order valence-electron chi connectivity index (χ4n) is 3.02. The van der Waals surface area contributed by atoms with E-state index < -0.39 is 31.0 Å². The second kappa shape index (κ2) is 10.5. The van der Waals surface area contributed by atoms with Crippen LogP contribution in [0.5, 0.6) is 0 Å². The Labute approximate surface area is 153 Å². The number of rotatable bonds is 3. The van der Waals surface area contributed by atoms with Crippen LogP contribution in [0.3, 0.4) is 0 Å². The molecule has 1 aliphatic heterocycles. The minimum atomic E-state index is -1.43. The molecule has 8 nitrogen and oxygen atoms in total. The van der Waals surface area contributed by atoms with E-state index in [1.165, 1.54) is 17.3 Å². The summed E-state index contributed by atoms with van der Waals surface area (Å²) in [5, 5.41) is 39.9.